The maximum absolute atomic E-state index is 14.0. The van der Waals surface area contributed by atoms with Crippen LogP contribution < -0.4 is 11.1 Å². The van der Waals surface area contributed by atoms with Crippen molar-refractivity contribution in [3.63, 3.8) is 0 Å². The molecule has 98 valence electrons. The second-order valence-electron chi connectivity index (χ2n) is 4.62. The van der Waals surface area contributed by atoms with Crippen LogP contribution in [0.15, 0.2) is 24.3 Å². The zero-order chi connectivity index (χ0) is 13.2. The molecule has 0 spiro atoms. The number of halogens is 1. The second kappa shape index (κ2) is 4.84. The van der Waals surface area contributed by atoms with Crippen LogP contribution >= 0.6 is 0 Å². The fourth-order valence-corrected chi connectivity index (χ4v) is 2.39. The Labute approximate surface area is 110 Å². The lowest BCUT2D eigenvalue weighted by atomic mass is 10.0. The molecule has 0 radical (unpaired) electrons. The monoisotopic (exact) mass is 258 g/mol. The highest BCUT2D eigenvalue weighted by Gasteiger charge is 2.18. The quantitative estimate of drug-likeness (QED) is 0.825. The normalized spacial score (nSPS) is 14.4. The maximum atomic E-state index is 14.0. The number of nitrogens with zero attached hydrogens (tertiary/aromatic N) is 2. The molecule has 0 saturated heterocycles. The Morgan fingerprint density at radius 1 is 1.16 bits per heavy atom. The summed E-state index contributed by atoms with van der Waals surface area (Å²) in [7, 11) is 0. The summed E-state index contributed by atoms with van der Waals surface area (Å²) in [5, 5.41) is 3.24. The van der Waals surface area contributed by atoms with E-state index in [4.69, 9.17) is 5.73 Å². The molecule has 0 fully saturated rings. The number of nitrogens with one attached hydrogen (secondary N) is 1. The van der Waals surface area contributed by atoms with Gasteiger partial charge in [0.1, 0.15) is 11.6 Å². The van der Waals surface area contributed by atoms with Crippen LogP contribution in [0.4, 0.5) is 16.2 Å². The number of aromatic nitrogens is 2. The molecule has 1 aromatic heterocycles. The zero-order valence-corrected chi connectivity index (χ0v) is 10.5. The third-order valence-electron chi connectivity index (χ3n) is 3.30. The van der Waals surface area contributed by atoms with Crippen molar-refractivity contribution >= 4 is 11.8 Å². The Kier molecular flexibility index (Phi) is 3.03. The lowest BCUT2D eigenvalue weighted by Crippen LogP contribution is -2.08. The molecule has 1 aromatic carbocycles. The van der Waals surface area contributed by atoms with Crippen LogP contribution in [0.25, 0.3) is 11.3 Å². The van der Waals surface area contributed by atoms with Crippen LogP contribution in [0.5, 0.6) is 0 Å². The third kappa shape index (κ3) is 2.23. The van der Waals surface area contributed by atoms with Crippen LogP contribution in [0, 0.1) is 5.82 Å². The highest BCUT2D eigenvalue weighted by Crippen LogP contribution is 2.31. The van der Waals surface area contributed by atoms with Crippen molar-refractivity contribution in [2.24, 2.45) is 0 Å². The maximum Gasteiger partial charge on any atom is 0.222 e. The molecule has 5 heteroatoms. The lowest BCUT2D eigenvalue weighted by Gasteiger charge is -2.13. The first-order valence-electron chi connectivity index (χ1n) is 6.41. The van der Waals surface area contributed by atoms with E-state index < -0.39 is 0 Å². The van der Waals surface area contributed by atoms with Crippen LogP contribution in [0.2, 0.25) is 0 Å². The first-order valence-corrected chi connectivity index (χ1v) is 6.41. The molecule has 3 N–H and O–H groups in total. The predicted octanol–water partition coefficient (Wildman–Crippen LogP) is 2.61. The summed E-state index contributed by atoms with van der Waals surface area (Å²) in [5.41, 5.74) is 7.78. The molecule has 0 saturated carbocycles. The predicted molar refractivity (Wildman–Crippen MR) is 73.3 cm³/mol. The molecule has 0 amide bonds. The van der Waals surface area contributed by atoms with E-state index in [9.17, 15) is 4.39 Å². The highest BCUT2D eigenvalue weighted by atomic mass is 19.1. The summed E-state index contributed by atoms with van der Waals surface area (Å²) in [6.07, 6.45) is 2.94. The summed E-state index contributed by atoms with van der Waals surface area (Å²) < 4.78 is 14.0. The summed E-state index contributed by atoms with van der Waals surface area (Å²) in [4.78, 5) is 8.47. The van der Waals surface area contributed by atoms with Gasteiger partial charge in [0.15, 0.2) is 0 Å². The van der Waals surface area contributed by atoms with Crippen molar-refractivity contribution in [3.8, 4) is 11.3 Å². The number of anilines is 2. The molecule has 3 rings (SSSR count). The van der Waals surface area contributed by atoms with Gasteiger partial charge in [-0.05, 0) is 31.4 Å². The number of hydrogen-bond acceptors (Lipinski definition) is 4. The molecule has 0 bridgehead atoms. The van der Waals surface area contributed by atoms with Gasteiger partial charge in [0, 0.05) is 17.7 Å². The van der Waals surface area contributed by atoms with E-state index >= 15 is 0 Å². The Bertz CT molecular complexity index is 612. The van der Waals surface area contributed by atoms with E-state index in [1.807, 2.05) is 0 Å². The number of hydrogen-bond donors (Lipinski definition) is 2. The number of nitrogens with two attached hydrogens (primary N) is 1. The molecule has 19 heavy (non-hydrogen) atoms. The molecular formula is C14H15FN4. The molecule has 0 aliphatic carbocycles. The number of fused-ring (bicyclic) bond motifs is 1. The summed E-state index contributed by atoms with van der Waals surface area (Å²) in [5.74, 6) is 0.627. The van der Waals surface area contributed by atoms with Crippen molar-refractivity contribution in [3.05, 3.63) is 35.6 Å². The Balaban J connectivity index is 2.21. The topological polar surface area (TPSA) is 63.8 Å². The Morgan fingerprint density at radius 2 is 2.00 bits per heavy atom. The second-order valence-corrected chi connectivity index (χ2v) is 4.62. The number of benzene rings is 1. The van der Waals surface area contributed by atoms with Crippen molar-refractivity contribution in [2.75, 3.05) is 17.6 Å². The molecule has 0 atom stereocenters. The largest absolute Gasteiger partial charge is 0.370 e. The van der Waals surface area contributed by atoms with E-state index in [-0.39, 0.29) is 11.8 Å². The summed E-state index contributed by atoms with van der Waals surface area (Å²) >= 11 is 0. The fraction of sp³-hybridized carbons (Fsp3) is 0.286. The minimum absolute atomic E-state index is 0.173. The molecule has 2 heterocycles. The SMILES string of the molecule is Nc1nc2c(c(-c3ccccc3F)n1)CCCCN2. The first kappa shape index (κ1) is 11.9. The lowest BCUT2D eigenvalue weighted by molar-refractivity contribution is 0.630. The van der Waals surface area contributed by atoms with Crippen LogP contribution in [0.3, 0.4) is 0 Å². The average molecular weight is 258 g/mol. The molecule has 2 aromatic rings. The van der Waals surface area contributed by atoms with Crippen LogP contribution in [0.1, 0.15) is 18.4 Å². The Hall–Kier alpha value is -2.17. The van der Waals surface area contributed by atoms with Crippen molar-refractivity contribution in [2.45, 2.75) is 19.3 Å². The van der Waals surface area contributed by atoms with Gasteiger partial charge in [-0.3, -0.25) is 0 Å². The standard InChI is InChI=1S/C14H15FN4/c15-11-7-2-1-5-9(11)12-10-6-3-4-8-17-13(10)19-14(16)18-12/h1-2,5,7H,3-4,6,8H2,(H3,16,17,18,19). The van der Waals surface area contributed by atoms with E-state index in [0.717, 1.165) is 37.2 Å². The van der Waals surface area contributed by atoms with Gasteiger partial charge < -0.3 is 11.1 Å². The van der Waals surface area contributed by atoms with E-state index in [1.165, 1.54) is 6.07 Å². The number of nitrogen functional groups attached to an aromatic ring is 1. The van der Waals surface area contributed by atoms with Gasteiger partial charge in [0.2, 0.25) is 5.95 Å². The molecule has 0 unspecified atom stereocenters. The van der Waals surface area contributed by atoms with Crippen molar-refractivity contribution in [1.82, 2.24) is 9.97 Å². The van der Waals surface area contributed by atoms with Crippen molar-refractivity contribution < 1.29 is 4.39 Å². The van der Waals surface area contributed by atoms with Crippen molar-refractivity contribution in [1.29, 1.82) is 0 Å². The minimum Gasteiger partial charge on any atom is -0.370 e. The van der Waals surface area contributed by atoms with Gasteiger partial charge >= 0.3 is 0 Å². The van der Waals surface area contributed by atoms with Crippen LogP contribution in [-0.2, 0) is 6.42 Å². The summed E-state index contributed by atoms with van der Waals surface area (Å²) in [6, 6.07) is 6.62. The Morgan fingerprint density at radius 3 is 2.84 bits per heavy atom. The van der Waals surface area contributed by atoms with Gasteiger partial charge in [-0.15, -0.1) is 0 Å². The van der Waals surface area contributed by atoms with Gasteiger partial charge in [-0.1, -0.05) is 12.1 Å². The van der Waals surface area contributed by atoms with Gasteiger partial charge in [-0.2, -0.15) is 4.98 Å². The van der Waals surface area contributed by atoms with Gasteiger partial charge in [0.25, 0.3) is 0 Å². The van der Waals surface area contributed by atoms with E-state index in [1.54, 1.807) is 18.2 Å². The molecule has 1 aliphatic heterocycles. The zero-order valence-electron chi connectivity index (χ0n) is 10.5. The van der Waals surface area contributed by atoms with Gasteiger partial charge in [-0.25, -0.2) is 9.37 Å². The minimum atomic E-state index is -0.285. The average Bonchev–Trinajstić information content (AvgIpc) is 2.63. The fourth-order valence-electron chi connectivity index (χ4n) is 2.39. The number of rotatable bonds is 1. The molecular weight excluding hydrogens is 243 g/mol. The van der Waals surface area contributed by atoms with Gasteiger partial charge in [0.05, 0.1) is 5.69 Å². The molecule has 1 aliphatic rings. The molecule has 4 nitrogen and oxygen atoms in total. The smallest absolute Gasteiger partial charge is 0.222 e. The first-order chi connectivity index (χ1) is 9.25. The van der Waals surface area contributed by atoms with E-state index in [2.05, 4.69) is 15.3 Å². The summed E-state index contributed by atoms with van der Waals surface area (Å²) in [6.45, 7) is 0.861. The van der Waals surface area contributed by atoms with Crippen LogP contribution in [-0.4, -0.2) is 16.5 Å². The third-order valence-corrected chi connectivity index (χ3v) is 3.30. The van der Waals surface area contributed by atoms with E-state index in [0.29, 0.717) is 11.3 Å². The highest BCUT2D eigenvalue weighted by molar-refractivity contribution is 5.70.